The van der Waals surface area contributed by atoms with Gasteiger partial charge in [0.1, 0.15) is 24.7 Å². The van der Waals surface area contributed by atoms with Crippen molar-refractivity contribution in [3.8, 4) is 5.75 Å². The van der Waals surface area contributed by atoms with E-state index in [9.17, 15) is 14.0 Å². The molecule has 3 aromatic rings. The Bertz CT molecular complexity index is 1210. The summed E-state index contributed by atoms with van der Waals surface area (Å²) >= 11 is 7.83. The normalized spacial score (nSPS) is 15.1. The molecule has 5 nitrogen and oxygen atoms in total. The fraction of sp³-hybridized carbons (Fsp3) is 0.333. The van der Waals surface area contributed by atoms with Gasteiger partial charge >= 0.3 is 0 Å². The molecule has 8 heteroatoms. The summed E-state index contributed by atoms with van der Waals surface area (Å²) in [6, 6.07) is 12.5. The average Bonchev–Trinajstić information content (AvgIpc) is 3.32. The molecular weight excluding hydrogens is 487 g/mol. The van der Waals surface area contributed by atoms with Crippen LogP contribution in [-0.4, -0.2) is 47.4 Å². The van der Waals surface area contributed by atoms with E-state index in [-0.39, 0.29) is 30.4 Å². The van der Waals surface area contributed by atoms with Gasteiger partial charge in [0.25, 0.3) is 5.91 Å². The van der Waals surface area contributed by atoms with Crippen molar-refractivity contribution in [1.82, 2.24) is 9.80 Å². The van der Waals surface area contributed by atoms with Crippen molar-refractivity contribution in [2.45, 2.75) is 39.3 Å². The molecule has 0 spiro atoms. The van der Waals surface area contributed by atoms with Crippen LogP contribution in [0.25, 0.3) is 0 Å². The van der Waals surface area contributed by atoms with Crippen LogP contribution in [0.5, 0.6) is 5.75 Å². The molecule has 2 amide bonds. The highest BCUT2D eigenvalue weighted by molar-refractivity contribution is 7.10. The molecule has 4 rings (SSSR count). The first-order valence-electron chi connectivity index (χ1n) is 11.6. The number of amides is 2. The molecule has 0 aliphatic carbocycles. The van der Waals surface area contributed by atoms with Crippen LogP contribution in [-0.2, 0) is 11.2 Å². The third-order valence-corrected chi connectivity index (χ3v) is 7.65. The number of hydrogen-bond donors (Lipinski definition) is 0. The first kappa shape index (κ1) is 25.2. The largest absolute Gasteiger partial charge is 0.491 e. The number of carbonyl (C=O) groups excluding carboxylic acids is 2. The van der Waals surface area contributed by atoms with Gasteiger partial charge in [-0.05, 0) is 92.2 Å². The molecule has 1 atom stereocenters. The molecule has 0 saturated carbocycles. The molecular formula is C27H28ClFN2O3S. The molecule has 0 bridgehead atoms. The highest BCUT2D eigenvalue weighted by Crippen LogP contribution is 2.34. The quantitative estimate of drug-likeness (QED) is 0.394. The number of benzene rings is 2. The molecule has 184 valence electrons. The Morgan fingerprint density at radius 2 is 1.94 bits per heavy atom. The van der Waals surface area contributed by atoms with Crippen molar-refractivity contribution in [2.24, 2.45) is 0 Å². The van der Waals surface area contributed by atoms with E-state index in [1.807, 2.05) is 49.3 Å². The predicted octanol–water partition coefficient (Wildman–Crippen LogP) is 5.90. The van der Waals surface area contributed by atoms with E-state index in [0.29, 0.717) is 29.5 Å². The summed E-state index contributed by atoms with van der Waals surface area (Å²) in [6.45, 7) is 6.43. The minimum atomic E-state index is -0.410. The fourth-order valence-corrected chi connectivity index (χ4v) is 5.29. The molecule has 1 aliphatic rings. The Morgan fingerprint density at radius 1 is 1.20 bits per heavy atom. The van der Waals surface area contributed by atoms with Crippen LogP contribution in [0.2, 0.25) is 5.02 Å². The Kier molecular flexibility index (Phi) is 7.77. The maximum Gasteiger partial charge on any atom is 0.254 e. The summed E-state index contributed by atoms with van der Waals surface area (Å²) in [5.74, 6) is -0.165. The highest BCUT2D eigenvalue weighted by atomic mass is 35.5. The van der Waals surface area contributed by atoms with Gasteiger partial charge in [0.15, 0.2) is 0 Å². The third kappa shape index (κ3) is 5.68. The predicted molar refractivity (Wildman–Crippen MR) is 137 cm³/mol. The lowest BCUT2D eigenvalue weighted by molar-refractivity contribution is -0.136. The van der Waals surface area contributed by atoms with Crippen LogP contribution < -0.4 is 4.74 Å². The van der Waals surface area contributed by atoms with Gasteiger partial charge < -0.3 is 14.5 Å². The zero-order chi connectivity index (χ0) is 25.1. The summed E-state index contributed by atoms with van der Waals surface area (Å²) in [4.78, 5) is 31.3. The van der Waals surface area contributed by atoms with Crippen molar-refractivity contribution in [2.75, 3.05) is 19.7 Å². The molecule has 2 aromatic carbocycles. The van der Waals surface area contributed by atoms with E-state index in [1.165, 1.54) is 34.0 Å². The van der Waals surface area contributed by atoms with Crippen LogP contribution in [0.1, 0.15) is 46.3 Å². The van der Waals surface area contributed by atoms with Crippen LogP contribution in [0.3, 0.4) is 0 Å². The van der Waals surface area contributed by atoms with Crippen molar-refractivity contribution in [3.63, 3.8) is 0 Å². The number of thiophene rings is 1. The first-order valence-corrected chi connectivity index (χ1v) is 12.8. The van der Waals surface area contributed by atoms with E-state index in [2.05, 4.69) is 0 Å². The lowest BCUT2D eigenvalue weighted by Crippen LogP contribution is -2.49. The summed E-state index contributed by atoms with van der Waals surface area (Å²) in [5.41, 5.74) is 2.36. The molecule has 0 N–H and O–H groups in total. The Hall–Kier alpha value is -2.90. The monoisotopic (exact) mass is 514 g/mol. The lowest BCUT2D eigenvalue weighted by Gasteiger charge is -2.37. The van der Waals surface area contributed by atoms with Crippen molar-refractivity contribution >= 4 is 34.8 Å². The Morgan fingerprint density at radius 3 is 2.63 bits per heavy atom. The molecule has 35 heavy (non-hydrogen) atoms. The number of rotatable bonds is 7. The molecule has 0 fully saturated rings. The van der Waals surface area contributed by atoms with Gasteiger partial charge in [0.2, 0.25) is 5.91 Å². The van der Waals surface area contributed by atoms with Gasteiger partial charge in [-0.15, -0.1) is 11.3 Å². The van der Waals surface area contributed by atoms with E-state index >= 15 is 0 Å². The van der Waals surface area contributed by atoms with Gasteiger partial charge in [0, 0.05) is 28.0 Å². The number of carbonyl (C=O) groups is 2. The van der Waals surface area contributed by atoms with Crippen LogP contribution in [0, 0.1) is 12.7 Å². The van der Waals surface area contributed by atoms with Crippen LogP contribution in [0.4, 0.5) is 4.39 Å². The summed E-state index contributed by atoms with van der Waals surface area (Å²) in [6.07, 6.45) is 0.767. The summed E-state index contributed by atoms with van der Waals surface area (Å²) in [5, 5.41) is 2.71. The summed E-state index contributed by atoms with van der Waals surface area (Å²) in [7, 11) is 0. The second-order valence-electron chi connectivity index (χ2n) is 8.91. The highest BCUT2D eigenvalue weighted by Gasteiger charge is 2.34. The summed E-state index contributed by atoms with van der Waals surface area (Å²) < 4.78 is 19.4. The molecule has 1 unspecified atom stereocenters. The Balaban J connectivity index is 1.53. The van der Waals surface area contributed by atoms with Crippen molar-refractivity contribution in [1.29, 1.82) is 0 Å². The molecule has 1 aromatic heterocycles. The number of aryl methyl sites for hydroxylation is 1. The van der Waals surface area contributed by atoms with E-state index in [0.717, 1.165) is 17.5 Å². The third-order valence-electron chi connectivity index (χ3n) is 6.23. The van der Waals surface area contributed by atoms with Crippen molar-refractivity contribution < 1.29 is 18.7 Å². The van der Waals surface area contributed by atoms with E-state index in [4.69, 9.17) is 16.3 Å². The van der Waals surface area contributed by atoms with Gasteiger partial charge in [-0.2, -0.15) is 0 Å². The van der Waals surface area contributed by atoms with Crippen LogP contribution in [0.15, 0.2) is 53.9 Å². The second kappa shape index (κ2) is 10.8. The average molecular weight is 515 g/mol. The topological polar surface area (TPSA) is 49.9 Å². The molecule has 2 heterocycles. The number of nitrogens with zero attached hydrogens (tertiary/aromatic N) is 2. The second-order valence-corrected chi connectivity index (χ2v) is 10.3. The van der Waals surface area contributed by atoms with E-state index in [1.54, 1.807) is 17.4 Å². The zero-order valence-electron chi connectivity index (χ0n) is 20.0. The van der Waals surface area contributed by atoms with Gasteiger partial charge in [0.05, 0.1) is 6.04 Å². The zero-order valence-corrected chi connectivity index (χ0v) is 21.5. The fourth-order valence-electron chi connectivity index (χ4n) is 4.24. The maximum atomic E-state index is 13.6. The van der Waals surface area contributed by atoms with Crippen molar-refractivity contribution in [3.05, 3.63) is 86.3 Å². The number of halogens is 2. The smallest absolute Gasteiger partial charge is 0.254 e. The first-order chi connectivity index (χ1) is 16.7. The van der Waals surface area contributed by atoms with Gasteiger partial charge in [-0.1, -0.05) is 11.6 Å². The minimum absolute atomic E-state index is 0.0656. The lowest BCUT2D eigenvalue weighted by atomic mass is 10.00. The maximum absolute atomic E-state index is 13.6. The number of hydrogen-bond acceptors (Lipinski definition) is 4. The van der Waals surface area contributed by atoms with Gasteiger partial charge in [-0.3, -0.25) is 9.59 Å². The number of ether oxygens (including phenoxy) is 1. The minimum Gasteiger partial charge on any atom is -0.491 e. The molecule has 0 radical (unpaired) electrons. The Labute approximate surface area is 214 Å². The number of fused-ring (bicyclic) bond motifs is 1. The van der Waals surface area contributed by atoms with Crippen LogP contribution >= 0.6 is 22.9 Å². The molecule has 1 aliphatic heterocycles. The van der Waals surface area contributed by atoms with Gasteiger partial charge in [-0.25, -0.2) is 4.39 Å². The molecule has 0 saturated heterocycles. The SMILES string of the molecule is Cc1cc(OCC2c3ccsc3CCN2C(=O)CN(C(=O)c2ccc(F)cc2)C(C)C)ccc1Cl. The van der Waals surface area contributed by atoms with E-state index < -0.39 is 5.82 Å². The standard InChI is InChI=1S/C27H28ClFN2O3S/c1-17(2)31(27(33)19-4-6-20(29)7-5-19)15-26(32)30-12-10-25-22(11-13-35-25)24(30)16-34-21-8-9-23(28)18(3)14-21/h4-9,11,13-14,17,24H,10,12,15-16H2,1-3H3.